The molecule has 1 fully saturated rings. The molecule has 8 nitrogen and oxygen atoms in total. The van der Waals surface area contributed by atoms with Gasteiger partial charge in [-0.3, -0.25) is 9.59 Å². The van der Waals surface area contributed by atoms with Crippen LogP contribution in [-0.2, 0) is 22.2 Å². The number of likely N-dealkylation sites (tertiary alicyclic amines) is 1. The van der Waals surface area contributed by atoms with Crippen LogP contribution in [0.3, 0.4) is 0 Å². The Morgan fingerprint density at radius 1 is 1.26 bits per heavy atom. The fourth-order valence-corrected chi connectivity index (χ4v) is 3.78. The number of alkyl halides is 3. The minimum atomic E-state index is -4.43. The van der Waals surface area contributed by atoms with Crippen LogP contribution < -0.4 is 11.5 Å². The zero-order valence-corrected chi connectivity index (χ0v) is 16.9. The monoisotopic (exact) mass is 445 g/mol. The molecule has 1 saturated heterocycles. The Morgan fingerprint density at radius 3 is 2.39 bits per heavy atom. The van der Waals surface area contributed by atoms with Gasteiger partial charge in [-0.1, -0.05) is 18.6 Å². The van der Waals surface area contributed by atoms with Gasteiger partial charge < -0.3 is 31.5 Å². The van der Waals surface area contributed by atoms with Gasteiger partial charge in [-0.2, -0.15) is 13.2 Å². The highest BCUT2D eigenvalue weighted by molar-refractivity contribution is 6.40. The highest BCUT2D eigenvalue weighted by atomic mass is 19.4. The summed E-state index contributed by atoms with van der Waals surface area (Å²) in [4.78, 5) is 25.7. The fourth-order valence-electron chi connectivity index (χ4n) is 3.78. The van der Waals surface area contributed by atoms with Crippen LogP contribution in [0.1, 0.15) is 30.4 Å². The molecule has 0 unspecified atom stereocenters. The van der Waals surface area contributed by atoms with Crippen molar-refractivity contribution in [3.8, 4) is 0 Å². The number of carboxylic acid groups (broad SMARTS) is 1. The number of carbonyl (C=O) groups excluding carboxylic acids is 1. The second-order valence-corrected chi connectivity index (χ2v) is 8.01. The lowest BCUT2D eigenvalue weighted by molar-refractivity contribution is -0.144. The van der Waals surface area contributed by atoms with Crippen molar-refractivity contribution in [1.82, 2.24) is 4.90 Å². The predicted octanol–water partition coefficient (Wildman–Crippen LogP) is 0.459. The number of aryl methyl sites for hydroxylation is 1. The first kappa shape index (κ1) is 25.1. The van der Waals surface area contributed by atoms with E-state index < -0.39 is 48.2 Å². The molecule has 0 spiro atoms. The Hall–Kier alpha value is -2.15. The third-order valence-corrected chi connectivity index (χ3v) is 5.69. The van der Waals surface area contributed by atoms with Gasteiger partial charge >= 0.3 is 19.3 Å². The van der Waals surface area contributed by atoms with Gasteiger partial charge in [0.25, 0.3) is 0 Å². The van der Waals surface area contributed by atoms with Gasteiger partial charge in [-0.05, 0) is 43.3 Å². The first-order chi connectivity index (χ1) is 14.3. The number of benzene rings is 1. The number of rotatable bonds is 9. The van der Waals surface area contributed by atoms with Crippen molar-refractivity contribution in [3.05, 3.63) is 35.4 Å². The molecule has 7 N–H and O–H groups in total. The van der Waals surface area contributed by atoms with Gasteiger partial charge in [-0.15, -0.1) is 0 Å². The molecular formula is C19H27BF3N3O5. The molecule has 1 aliphatic rings. The molecule has 0 aliphatic carbocycles. The summed E-state index contributed by atoms with van der Waals surface area (Å²) in [6.07, 6.45) is -3.28. The van der Waals surface area contributed by atoms with E-state index in [1.165, 1.54) is 17.0 Å². The summed E-state index contributed by atoms with van der Waals surface area (Å²) in [6.45, 7) is -0.140. The number of carboxylic acids is 1. The smallest absolute Gasteiger partial charge is 0.451 e. The number of aliphatic carboxylic acids is 1. The number of halogens is 3. The quantitative estimate of drug-likeness (QED) is 0.347. The predicted molar refractivity (Wildman–Crippen MR) is 107 cm³/mol. The number of carbonyl (C=O) groups is 2. The zero-order valence-electron chi connectivity index (χ0n) is 16.9. The van der Waals surface area contributed by atoms with Crippen molar-refractivity contribution in [3.63, 3.8) is 0 Å². The van der Waals surface area contributed by atoms with E-state index in [2.05, 4.69) is 0 Å². The lowest BCUT2D eigenvalue weighted by Gasteiger charge is -2.25. The molecule has 0 saturated carbocycles. The lowest BCUT2D eigenvalue weighted by atomic mass is 9.78. The summed E-state index contributed by atoms with van der Waals surface area (Å²) in [5.41, 5.74) is 10.2. The third-order valence-electron chi connectivity index (χ3n) is 5.69. The van der Waals surface area contributed by atoms with Crippen LogP contribution in [0.5, 0.6) is 0 Å². The molecule has 31 heavy (non-hydrogen) atoms. The molecule has 2 rings (SSSR count). The number of nitrogens with zero attached hydrogens (tertiary/aromatic N) is 1. The molecule has 1 aliphatic heterocycles. The highest BCUT2D eigenvalue weighted by Crippen LogP contribution is 2.31. The Bertz CT molecular complexity index is 778. The van der Waals surface area contributed by atoms with Gasteiger partial charge in [0.2, 0.25) is 5.91 Å². The maximum absolute atomic E-state index is 12.7. The summed E-state index contributed by atoms with van der Waals surface area (Å²) in [6, 6.07) is 3.63. The minimum absolute atomic E-state index is 0.0623. The van der Waals surface area contributed by atoms with Gasteiger partial charge in [0.1, 0.15) is 5.54 Å². The van der Waals surface area contributed by atoms with E-state index in [1.807, 2.05) is 0 Å². The molecule has 12 heteroatoms. The van der Waals surface area contributed by atoms with E-state index in [9.17, 15) is 27.9 Å². The van der Waals surface area contributed by atoms with Crippen LogP contribution in [0.25, 0.3) is 0 Å². The van der Waals surface area contributed by atoms with Crippen molar-refractivity contribution in [2.24, 2.45) is 17.4 Å². The average molecular weight is 445 g/mol. The summed E-state index contributed by atoms with van der Waals surface area (Å²) in [5, 5.41) is 27.5. The molecule has 1 heterocycles. The van der Waals surface area contributed by atoms with Crippen molar-refractivity contribution in [1.29, 1.82) is 0 Å². The SMILES string of the molecule is N[C@@H](CCc1ccc(C(F)(F)F)cc1)C(=O)N1C[C@H](CCCB(O)O)[C@](N)(C(=O)O)C1. The van der Waals surface area contributed by atoms with Crippen molar-refractivity contribution in [2.75, 3.05) is 13.1 Å². The zero-order chi connectivity index (χ0) is 23.4. The first-order valence-corrected chi connectivity index (χ1v) is 9.93. The Balaban J connectivity index is 1.96. The van der Waals surface area contributed by atoms with Gasteiger partial charge in [0.15, 0.2) is 0 Å². The van der Waals surface area contributed by atoms with E-state index in [0.29, 0.717) is 18.4 Å². The second-order valence-electron chi connectivity index (χ2n) is 8.01. The van der Waals surface area contributed by atoms with Crippen LogP contribution in [-0.4, -0.2) is 63.7 Å². The minimum Gasteiger partial charge on any atom is -0.480 e. The summed E-state index contributed by atoms with van der Waals surface area (Å²) in [7, 11) is -1.50. The molecule has 1 aromatic carbocycles. The standard InChI is InChI=1S/C19H27BF3N3O5/c21-19(22,23)13-6-3-12(4-7-13)5-8-15(24)16(27)26-10-14(2-1-9-20(30)31)18(25,11-26)17(28)29/h3-4,6-7,14-15,30-31H,1-2,5,8-11,24-25H2,(H,28,29)/t14-,15-,18-/m0/s1. The number of amides is 1. The van der Waals surface area contributed by atoms with Crippen LogP contribution in [0.2, 0.25) is 6.32 Å². The summed E-state index contributed by atoms with van der Waals surface area (Å²) in [5.74, 6) is -2.31. The third kappa shape index (κ3) is 6.42. The maximum Gasteiger partial charge on any atom is 0.451 e. The van der Waals surface area contributed by atoms with E-state index in [0.717, 1.165) is 12.1 Å². The first-order valence-electron chi connectivity index (χ1n) is 9.93. The number of nitrogens with two attached hydrogens (primary N) is 2. The number of hydrogen-bond acceptors (Lipinski definition) is 6. The molecular weight excluding hydrogens is 418 g/mol. The van der Waals surface area contributed by atoms with E-state index >= 15 is 0 Å². The van der Waals surface area contributed by atoms with Crippen LogP contribution in [0.4, 0.5) is 13.2 Å². The fraction of sp³-hybridized carbons (Fsp3) is 0.579. The normalized spacial score (nSPS) is 22.4. The maximum atomic E-state index is 12.7. The van der Waals surface area contributed by atoms with Gasteiger partial charge in [0.05, 0.1) is 11.6 Å². The topological polar surface area (TPSA) is 150 Å². The molecule has 1 aromatic rings. The largest absolute Gasteiger partial charge is 0.480 e. The average Bonchev–Trinajstić information content (AvgIpc) is 3.03. The number of hydrogen-bond donors (Lipinski definition) is 5. The molecule has 0 bridgehead atoms. The molecule has 3 atom stereocenters. The van der Waals surface area contributed by atoms with E-state index in [4.69, 9.17) is 21.5 Å². The van der Waals surface area contributed by atoms with E-state index in [-0.39, 0.29) is 32.3 Å². The Labute approximate surface area is 178 Å². The molecule has 0 radical (unpaired) electrons. The van der Waals surface area contributed by atoms with E-state index in [1.54, 1.807) is 0 Å². The van der Waals surface area contributed by atoms with Crippen LogP contribution in [0, 0.1) is 5.92 Å². The summed E-state index contributed by atoms with van der Waals surface area (Å²) < 4.78 is 37.9. The van der Waals surface area contributed by atoms with Crippen molar-refractivity contribution in [2.45, 2.75) is 49.8 Å². The Kier molecular flexibility index (Phi) is 8.09. The Morgan fingerprint density at radius 2 is 1.87 bits per heavy atom. The molecule has 0 aromatic heterocycles. The molecule has 172 valence electrons. The van der Waals surface area contributed by atoms with Crippen molar-refractivity contribution >= 4 is 19.0 Å². The van der Waals surface area contributed by atoms with Gasteiger partial charge in [-0.25, -0.2) is 0 Å². The van der Waals surface area contributed by atoms with Crippen LogP contribution in [0.15, 0.2) is 24.3 Å². The second kappa shape index (κ2) is 9.98. The van der Waals surface area contributed by atoms with Gasteiger partial charge in [0, 0.05) is 19.0 Å². The van der Waals surface area contributed by atoms with Crippen LogP contribution >= 0.6 is 0 Å². The summed E-state index contributed by atoms with van der Waals surface area (Å²) >= 11 is 0. The molecule has 1 amide bonds. The van der Waals surface area contributed by atoms with Crippen molar-refractivity contribution < 1.29 is 37.9 Å². The lowest BCUT2D eigenvalue weighted by Crippen LogP contribution is -2.55. The highest BCUT2D eigenvalue weighted by Gasteiger charge is 2.50.